The van der Waals surface area contributed by atoms with E-state index in [1.807, 2.05) is 4.90 Å². The van der Waals surface area contributed by atoms with Gasteiger partial charge in [-0.1, -0.05) is 0 Å². The molecule has 0 saturated carbocycles. The fraction of sp³-hybridized carbons (Fsp3) is 0.571. The van der Waals surface area contributed by atoms with Crippen LogP contribution in [0.2, 0.25) is 0 Å². The van der Waals surface area contributed by atoms with Gasteiger partial charge in [-0.05, 0) is 25.0 Å². The smallest absolute Gasteiger partial charge is 0.292 e. The quantitative estimate of drug-likeness (QED) is 0.721. The molecule has 5 rings (SSSR count). The Hall–Kier alpha value is -2.61. The van der Waals surface area contributed by atoms with E-state index in [1.54, 1.807) is 18.2 Å². The Balaban J connectivity index is 1.24. The van der Waals surface area contributed by atoms with Crippen LogP contribution >= 0.6 is 0 Å². The summed E-state index contributed by atoms with van der Waals surface area (Å²) >= 11 is 0. The maximum Gasteiger partial charge on any atom is 0.292 e. The van der Waals surface area contributed by atoms with Crippen LogP contribution in [0.15, 0.2) is 18.2 Å². The third-order valence-corrected chi connectivity index (χ3v) is 6.65. The van der Waals surface area contributed by atoms with Crippen LogP contribution in [-0.4, -0.2) is 61.6 Å². The summed E-state index contributed by atoms with van der Waals surface area (Å²) in [5, 5.41) is 0. The van der Waals surface area contributed by atoms with Gasteiger partial charge in [0, 0.05) is 37.9 Å². The van der Waals surface area contributed by atoms with E-state index in [4.69, 9.17) is 9.47 Å². The van der Waals surface area contributed by atoms with Gasteiger partial charge in [-0.2, -0.15) is 0 Å². The number of likely N-dealkylation sites (tertiary alicyclic amines) is 2. The van der Waals surface area contributed by atoms with Gasteiger partial charge in [0.15, 0.2) is 17.5 Å². The number of anilines is 1. The number of nitrogens with zero attached hydrogens (tertiary/aromatic N) is 2. The first-order chi connectivity index (χ1) is 14.1. The number of fused-ring (bicyclic) bond motifs is 1. The molecular formula is C21H26N3O5+. The van der Waals surface area contributed by atoms with Gasteiger partial charge in [0.25, 0.3) is 5.91 Å². The molecule has 0 radical (unpaired) electrons. The minimum Gasteiger partial charge on any atom is -0.454 e. The summed E-state index contributed by atoms with van der Waals surface area (Å²) < 4.78 is 10.7. The molecule has 1 atom stereocenters. The number of nitrogens with one attached hydrogen (secondary N) is 1. The van der Waals surface area contributed by atoms with E-state index < -0.39 is 0 Å². The van der Waals surface area contributed by atoms with Crippen LogP contribution in [-0.2, 0) is 14.4 Å². The van der Waals surface area contributed by atoms with Crippen molar-refractivity contribution in [2.45, 2.75) is 38.1 Å². The van der Waals surface area contributed by atoms with Gasteiger partial charge in [-0.25, -0.2) is 4.90 Å². The van der Waals surface area contributed by atoms with Crippen LogP contribution in [0.3, 0.4) is 0 Å². The summed E-state index contributed by atoms with van der Waals surface area (Å²) in [6, 6.07) is 4.78. The molecular weight excluding hydrogens is 374 g/mol. The van der Waals surface area contributed by atoms with Crippen molar-refractivity contribution in [1.29, 1.82) is 0 Å². The van der Waals surface area contributed by atoms with Crippen molar-refractivity contribution >= 4 is 23.4 Å². The molecule has 1 N–H and O–H groups in total. The molecule has 4 heterocycles. The first-order valence-electron chi connectivity index (χ1n) is 10.5. The van der Waals surface area contributed by atoms with Crippen LogP contribution in [0, 0.1) is 5.92 Å². The fourth-order valence-electron chi connectivity index (χ4n) is 5.03. The Bertz CT molecular complexity index is 843. The van der Waals surface area contributed by atoms with Crippen LogP contribution in [0.4, 0.5) is 5.69 Å². The van der Waals surface area contributed by atoms with Gasteiger partial charge >= 0.3 is 0 Å². The molecule has 0 spiro atoms. The number of imide groups is 1. The molecule has 154 valence electrons. The zero-order chi connectivity index (χ0) is 20.0. The molecule has 4 aliphatic heterocycles. The van der Waals surface area contributed by atoms with Crippen molar-refractivity contribution in [2.75, 3.05) is 37.9 Å². The van der Waals surface area contributed by atoms with Gasteiger partial charge in [0.05, 0.1) is 25.2 Å². The van der Waals surface area contributed by atoms with Crippen molar-refractivity contribution < 1.29 is 28.8 Å². The number of rotatable bonds is 3. The first kappa shape index (κ1) is 18.4. The van der Waals surface area contributed by atoms with Crippen molar-refractivity contribution in [3.8, 4) is 11.5 Å². The average molecular weight is 400 g/mol. The minimum absolute atomic E-state index is 0.0639. The second-order valence-corrected chi connectivity index (χ2v) is 8.33. The van der Waals surface area contributed by atoms with Crippen molar-refractivity contribution in [1.82, 2.24) is 4.90 Å². The molecule has 29 heavy (non-hydrogen) atoms. The number of hydrogen-bond donors (Lipinski definition) is 1. The van der Waals surface area contributed by atoms with Crippen LogP contribution in [0.25, 0.3) is 0 Å². The van der Waals surface area contributed by atoms with Gasteiger partial charge in [0.2, 0.25) is 18.6 Å². The molecule has 0 bridgehead atoms. The second-order valence-electron chi connectivity index (χ2n) is 8.33. The Kier molecular flexibility index (Phi) is 4.66. The highest BCUT2D eigenvalue weighted by atomic mass is 16.7. The highest BCUT2D eigenvalue weighted by molar-refractivity contribution is 6.22. The Labute approximate surface area is 169 Å². The number of benzene rings is 1. The molecule has 0 aromatic heterocycles. The van der Waals surface area contributed by atoms with Gasteiger partial charge in [-0.3, -0.25) is 14.4 Å². The van der Waals surface area contributed by atoms with E-state index in [9.17, 15) is 14.4 Å². The maximum atomic E-state index is 13.1. The van der Waals surface area contributed by atoms with E-state index in [-0.39, 0.29) is 42.9 Å². The molecule has 8 heteroatoms. The minimum atomic E-state index is -0.365. The van der Waals surface area contributed by atoms with E-state index in [1.165, 1.54) is 4.90 Å². The zero-order valence-corrected chi connectivity index (χ0v) is 16.4. The lowest BCUT2D eigenvalue weighted by molar-refractivity contribution is -0.920. The van der Waals surface area contributed by atoms with Gasteiger partial charge in [-0.15, -0.1) is 0 Å². The highest BCUT2D eigenvalue weighted by Gasteiger charge is 2.47. The number of amides is 3. The normalized spacial score (nSPS) is 29.0. The Morgan fingerprint density at radius 1 is 1.03 bits per heavy atom. The molecule has 3 fully saturated rings. The van der Waals surface area contributed by atoms with E-state index >= 15 is 0 Å². The number of hydrogen-bond acceptors (Lipinski definition) is 5. The first-order valence-corrected chi connectivity index (χ1v) is 10.5. The second kappa shape index (κ2) is 7.33. The standard InChI is InChI=1S/C21H25N3O5/c25-19-12-16(21(27)24(19)15-3-4-17-18(11-15)29-13-28-17)22-9-5-14(6-10-22)20(26)23-7-1-2-8-23/h3-4,11,14,16H,1-2,5-10,12-13H2/p+1/t16-/m1/s1. The SMILES string of the molecule is O=C(C1CC[NH+]([C@@H]2CC(=O)N(c3ccc4c(c3)OCO4)C2=O)CC1)N1CCCC1. The summed E-state index contributed by atoms with van der Waals surface area (Å²) in [7, 11) is 0. The molecule has 0 aliphatic carbocycles. The van der Waals surface area contributed by atoms with E-state index in [0.717, 1.165) is 56.8 Å². The Morgan fingerprint density at radius 2 is 1.76 bits per heavy atom. The van der Waals surface area contributed by atoms with E-state index in [2.05, 4.69) is 0 Å². The largest absolute Gasteiger partial charge is 0.454 e. The summed E-state index contributed by atoms with van der Waals surface area (Å²) in [5.41, 5.74) is 0.533. The number of ether oxygens (including phenoxy) is 2. The molecule has 4 aliphatic rings. The van der Waals surface area contributed by atoms with Crippen LogP contribution in [0.1, 0.15) is 32.1 Å². The predicted octanol–water partition coefficient (Wildman–Crippen LogP) is -0.0355. The van der Waals surface area contributed by atoms with Crippen LogP contribution < -0.4 is 19.3 Å². The lowest BCUT2D eigenvalue weighted by atomic mass is 9.94. The van der Waals surface area contributed by atoms with Gasteiger partial charge < -0.3 is 19.3 Å². The maximum absolute atomic E-state index is 13.1. The van der Waals surface area contributed by atoms with Crippen molar-refractivity contribution in [2.24, 2.45) is 5.92 Å². The summed E-state index contributed by atoms with van der Waals surface area (Å²) in [5.74, 6) is 1.18. The third kappa shape index (κ3) is 3.25. The molecule has 1 aromatic carbocycles. The number of piperidine rings is 1. The van der Waals surface area contributed by atoms with Crippen molar-refractivity contribution in [3.05, 3.63) is 18.2 Å². The zero-order valence-electron chi connectivity index (χ0n) is 16.4. The summed E-state index contributed by atoms with van der Waals surface area (Å²) in [6.07, 6.45) is 3.99. The number of carbonyl (C=O) groups is 3. The molecule has 3 saturated heterocycles. The predicted molar refractivity (Wildman–Crippen MR) is 103 cm³/mol. The topological polar surface area (TPSA) is 80.6 Å². The highest BCUT2D eigenvalue weighted by Crippen LogP contribution is 2.36. The average Bonchev–Trinajstić information content (AvgIpc) is 3.47. The van der Waals surface area contributed by atoms with Crippen molar-refractivity contribution in [3.63, 3.8) is 0 Å². The van der Waals surface area contributed by atoms with Crippen LogP contribution in [0.5, 0.6) is 11.5 Å². The lowest BCUT2D eigenvalue weighted by Crippen LogP contribution is -3.17. The molecule has 8 nitrogen and oxygen atoms in total. The molecule has 0 unspecified atom stereocenters. The number of quaternary nitrogens is 1. The third-order valence-electron chi connectivity index (χ3n) is 6.65. The summed E-state index contributed by atoms with van der Waals surface area (Å²) in [4.78, 5) is 42.7. The monoisotopic (exact) mass is 400 g/mol. The lowest BCUT2D eigenvalue weighted by Gasteiger charge is -2.33. The fourth-order valence-corrected chi connectivity index (χ4v) is 5.03. The summed E-state index contributed by atoms with van der Waals surface area (Å²) in [6.45, 7) is 3.42. The Morgan fingerprint density at radius 3 is 2.52 bits per heavy atom. The molecule has 3 amide bonds. The van der Waals surface area contributed by atoms with E-state index in [0.29, 0.717) is 17.2 Å². The van der Waals surface area contributed by atoms with Gasteiger partial charge in [0.1, 0.15) is 0 Å². The molecule has 1 aromatic rings. The number of carbonyl (C=O) groups excluding carboxylic acids is 3.